The number of anilines is 1. The van der Waals surface area contributed by atoms with Gasteiger partial charge in [0.15, 0.2) is 0 Å². The van der Waals surface area contributed by atoms with Gasteiger partial charge in [0, 0.05) is 64.9 Å². The van der Waals surface area contributed by atoms with Gasteiger partial charge in [-0.05, 0) is 37.1 Å². The van der Waals surface area contributed by atoms with Crippen LogP contribution in [0.4, 0.5) is 5.69 Å². The number of methoxy groups -OCH3 is 2. The van der Waals surface area contributed by atoms with Crippen LogP contribution in [-0.4, -0.2) is 86.3 Å². The molecule has 2 aromatic rings. The molecule has 0 unspecified atom stereocenters. The average Bonchev–Trinajstić information content (AvgIpc) is 2.85. The molecule has 9 heteroatoms. The molecule has 0 saturated carbocycles. The molecule has 190 valence electrons. The van der Waals surface area contributed by atoms with Gasteiger partial charge in [0.05, 0.1) is 17.4 Å². The summed E-state index contributed by atoms with van der Waals surface area (Å²) in [6.07, 6.45) is 1.66. The lowest BCUT2D eigenvalue weighted by Crippen LogP contribution is -2.46. The number of carbonyl (C=O) groups is 2. The maximum atomic E-state index is 13.3. The highest BCUT2D eigenvalue weighted by Gasteiger charge is 2.28. The average molecular weight is 485 g/mol. The first-order chi connectivity index (χ1) is 16.8. The van der Waals surface area contributed by atoms with Crippen LogP contribution in [0.3, 0.4) is 0 Å². The summed E-state index contributed by atoms with van der Waals surface area (Å²) >= 11 is 0. The predicted octanol–water partition coefficient (Wildman–Crippen LogP) is 2.67. The van der Waals surface area contributed by atoms with Crippen LogP contribution >= 0.6 is 0 Å². The molecule has 0 bridgehead atoms. The van der Waals surface area contributed by atoms with Gasteiger partial charge in [0.1, 0.15) is 19.0 Å². The molecule has 9 nitrogen and oxygen atoms in total. The number of fused-ring (bicyclic) bond motifs is 1. The summed E-state index contributed by atoms with van der Waals surface area (Å²) in [5, 5.41) is 2.77. The fourth-order valence-corrected chi connectivity index (χ4v) is 4.17. The van der Waals surface area contributed by atoms with Crippen LogP contribution in [-0.2, 0) is 20.8 Å². The van der Waals surface area contributed by atoms with E-state index in [0.29, 0.717) is 36.7 Å². The molecule has 0 saturated heterocycles. The first kappa shape index (κ1) is 26.6. The predicted molar refractivity (Wildman–Crippen MR) is 133 cm³/mol. The van der Waals surface area contributed by atoms with Gasteiger partial charge in [-0.25, -0.2) is 0 Å². The van der Waals surface area contributed by atoms with E-state index in [1.807, 2.05) is 18.2 Å². The Morgan fingerprint density at radius 3 is 2.69 bits per heavy atom. The highest BCUT2D eigenvalue weighted by atomic mass is 16.5. The van der Waals surface area contributed by atoms with Crippen molar-refractivity contribution in [1.29, 1.82) is 0 Å². The lowest BCUT2D eigenvalue weighted by atomic mass is 10.0. The second kappa shape index (κ2) is 12.6. The molecular formula is C26H36N4O5. The number of likely N-dealkylation sites (N-methyl/N-ethyl adjacent to an activating group) is 1. The number of aromatic nitrogens is 1. The van der Waals surface area contributed by atoms with E-state index in [1.165, 1.54) is 7.11 Å². The van der Waals surface area contributed by atoms with Gasteiger partial charge in [-0.15, -0.1) is 0 Å². The number of pyridine rings is 1. The smallest absolute Gasteiger partial charge is 0.257 e. The van der Waals surface area contributed by atoms with E-state index in [9.17, 15) is 9.59 Å². The van der Waals surface area contributed by atoms with Crippen LogP contribution in [0.15, 0.2) is 42.6 Å². The normalized spacial score (nSPS) is 21.9. The number of amides is 2. The first-order valence-corrected chi connectivity index (χ1v) is 11.8. The minimum Gasteiger partial charge on any atom is -0.491 e. The van der Waals surface area contributed by atoms with Crippen molar-refractivity contribution >= 4 is 17.5 Å². The van der Waals surface area contributed by atoms with E-state index in [-0.39, 0.29) is 36.5 Å². The molecule has 1 aliphatic rings. The number of ether oxygens (including phenoxy) is 3. The fraction of sp³-hybridized carbons (Fsp3) is 0.500. The molecule has 2 amide bonds. The van der Waals surface area contributed by atoms with Crippen molar-refractivity contribution in [2.45, 2.75) is 32.5 Å². The zero-order valence-electron chi connectivity index (χ0n) is 21.2. The van der Waals surface area contributed by atoms with Crippen LogP contribution in [0.25, 0.3) is 0 Å². The molecule has 1 aromatic carbocycles. The monoisotopic (exact) mass is 484 g/mol. The zero-order chi connectivity index (χ0) is 25.4. The highest BCUT2D eigenvalue weighted by molar-refractivity contribution is 5.98. The fourth-order valence-electron chi connectivity index (χ4n) is 4.17. The van der Waals surface area contributed by atoms with Crippen molar-refractivity contribution in [3.8, 4) is 5.75 Å². The highest BCUT2D eigenvalue weighted by Crippen LogP contribution is 2.27. The van der Waals surface area contributed by atoms with Crippen LogP contribution < -0.4 is 10.1 Å². The van der Waals surface area contributed by atoms with E-state index in [4.69, 9.17) is 14.2 Å². The van der Waals surface area contributed by atoms with Gasteiger partial charge >= 0.3 is 0 Å². The van der Waals surface area contributed by atoms with E-state index >= 15 is 0 Å². The molecule has 1 aliphatic heterocycles. The van der Waals surface area contributed by atoms with Crippen molar-refractivity contribution in [3.63, 3.8) is 0 Å². The lowest BCUT2D eigenvalue weighted by Gasteiger charge is -2.35. The standard InChI is InChI=1S/C26H36N4O5/c1-18-13-30(14-21-8-6-7-11-27-21)19(2)16-35-23-12-20(28-25(31)17-33-4)9-10-22(23)26(32)29(3)15-24(18)34-5/h6-12,18-19,24H,13-17H2,1-5H3,(H,28,31)/t18-,19+,24+/m0/s1. The topological polar surface area (TPSA) is 93.2 Å². The Labute approximate surface area is 207 Å². The second-order valence-corrected chi connectivity index (χ2v) is 9.04. The number of nitrogens with one attached hydrogen (secondary N) is 1. The molecule has 2 heterocycles. The number of benzene rings is 1. The molecule has 0 aliphatic carbocycles. The Morgan fingerprint density at radius 1 is 1.20 bits per heavy atom. The second-order valence-electron chi connectivity index (χ2n) is 9.04. The summed E-state index contributed by atoms with van der Waals surface area (Å²) < 4.78 is 16.9. The number of hydrogen-bond donors (Lipinski definition) is 1. The van der Waals surface area contributed by atoms with Crippen molar-refractivity contribution in [1.82, 2.24) is 14.8 Å². The molecule has 3 atom stereocenters. The van der Waals surface area contributed by atoms with Crippen molar-refractivity contribution in [2.24, 2.45) is 5.92 Å². The zero-order valence-corrected chi connectivity index (χ0v) is 21.2. The Bertz CT molecular complexity index is 987. The van der Waals surface area contributed by atoms with Gasteiger partial charge in [0.25, 0.3) is 5.91 Å². The number of nitrogens with zero attached hydrogens (tertiary/aromatic N) is 3. The van der Waals surface area contributed by atoms with Gasteiger partial charge < -0.3 is 24.4 Å². The third kappa shape index (κ3) is 7.24. The summed E-state index contributed by atoms with van der Waals surface area (Å²) in [6.45, 7) is 6.39. The Kier molecular flexibility index (Phi) is 9.59. The number of hydrogen-bond acceptors (Lipinski definition) is 7. The third-order valence-corrected chi connectivity index (χ3v) is 6.23. The summed E-state index contributed by atoms with van der Waals surface area (Å²) in [6, 6.07) is 11.0. The minimum atomic E-state index is -0.282. The lowest BCUT2D eigenvalue weighted by molar-refractivity contribution is -0.119. The van der Waals surface area contributed by atoms with Crippen LogP contribution in [0.1, 0.15) is 29.9 Å². The van der Waals surface area contributed by atoms with E-state index < -0.39 is 0 Å². The molecule has 3 rings (SSSR count). The Hall–Kier alpha value is -3.01. The van der Waals surface area contributed by atoms with Gasteiger partial charge in [-0.1, -0.05) is 13.0 Å². The van der Waals surface area contributed by atoms with E-state index in [2.05, 4.69) is 29.0 Å². The molecule has 0 radical (unpaired) electrons. The largest absolute Gasteiger partial charge is 0.491 e. The van der Waals surface area contributed by atoms with Crippen LogP contribution in [0.5, 0.6) is 5.75 Å². The molecular weight excluding hydrogens is 448 g/mol. The summed E-state index contributed by atoms with van der Waals surface area (Å²) in [5.74, 6) is 0.140. The Morgan fingerprint density at radius 2 is 2.00 bits per heavy atom. The third-order valence-electron chi connectivity index (χ3n) is 6.23. The van der Waals surface area contributed by atoms with E-state index in [1.54, 1.807) is 43.5 Å². The summed E-state index contributed by atoms with van der Waals surface area (Å²) in [7, 11) is 4.91. The van der Waals surface area contributed by atoms with Gasteiger partial charge in [-0.3, -0.25) is 19.5 Å². The maximum absolute atomic E-state index is 13.3. The van der Waals surface area contributed by atoms with E-state index in [0.717, 1.165) is 12.2 Å². The maximum Gasteiger partial charge on any atom is 0.257 e. The van der Waals surface area contributed by atoms with Crippen molar-refractivity contribution in [2.75, 3.05) is 52.9 Å². The molecule has 35 heavy (non-hydrogen) atoms. The first-order valence-electron chi connectivity index (χ1n) is 11.8. The summed E-state index contributed by atoms with van der Waals surface area (Å²) in [5.41, 5.74) is 1.95. The van der Waals surface area contributed by atoms with Gasteiger partial charge in [0.2, 0.25) is 5.91 Å². The molecule has 0 fully saturated rings. The number of carbonyl (C=O) groups excluding carboxylic acids is 2. The van der Waals surface area contributed by atoms with Crippen molar-refractivity contribution < 1.29 is 23.8 Å². The molecule has 1 N–H and O–H groups in total. The quantitative estimate of drug-likeness (QED) is 0.674. The van der Waals surface area contributed by atoms with Crippen molar-refractivity contribution in [3.05, 3.63) is 53.9 Å². The molecule has 1 aromatic heterocycles. The molecule has 0 spiro atoms. The van der Waals surface area contributed by atoms with Gasteiger partial charge in [-0.2, -0.15) is 0 Å². The minimum absolute atomic E-state index is 0.0313. The van der Waals surface area contributed by atoms with Crippen LogP contribution in [0.2, 0.25) is 0 Å². The van der Waals surface area contributed by atoms with Crippen LogP contribution in [0, 0.1) is 5.92 Å². The summed E-state index contributed by atoms with van der Waals surface area (Å²) in [4.78, 5) is 33.8. The number of rotatable bonds is 6. The SMILES string of the molecule is COCC(=O)Nc1ccc2c(c1)OC[C@@H](C)N(Cc1ccccn1)C[C@H](C)[C@H](OC)CN(C)C2=O. The Balaban J connectivity index is 1.92.